The van der Waals surface area contributed by atoms with Gasteiger partial charge in [0.25, 0.3) is 47.3 Å². The van der Waals surface area contributed by atoms with Crippen molar-refractivity contribution in [3.63, 3.8) is 0 Å². The number of phenolic OH excluding ortho intramolecular Hbond substituents is 2. The molecule has 10 N–H and O–H groups in total. The Morgan fingerprint density at radius 1 is 0.374 bits per heavy atom. The van der Waals surface area contributed by atoms with E-state index in [1.807, 2.05) is 0 Å². The van der Waals surface area contributed by atoms with Crippen LogP contribution in [0.25, 0.3) is 0 Å². The van der Waals surface area contributed by atoms with Crippen molar-refractivity contribution in [1.29, 1.82) is 0 Å². The number of anilines is 8. The summed E-state index contributed by atoms with van der Waals surface area (Å²) in [6.07, 6.45) is 0. The molecule has 8 amide bonds. The highest BCUT2D eigenvalue weighted by atomic mass is 79.9. The second-order valence-electron chi connectivity index (χ2n) is 27.5. The quantitative estimate of drug-likeness (QED) is 0.0420. The molecule has 0 fully saturated rings. The van der Waals surface area contributed by atoms with Gasteiger partial charge >= 0.3 is 5.97 Å². The second-order valence-corrected chi connectivity index (χ2v) is 29.5. The molecule has 0 saturated heterocycles. The molecule has 0 aliphatic carbocycles. The van der Waals surface area contributed by atoms with Crippen molar-refractivity contribution in [3.8, 4) is 23.0 Å². The van der Waals surface area contributed by atoms with Crippen molar-refractivity contribution in [2.45, 2.75) is 114 Å². The molecule has 14 bridgehead atoms. The van der Waals surface area contributed by atoms with E-state index in [4.69, 9.17) is 28.4 Å². The average molecular weight is 1520 g/mol. The molecule has 558 valence electrons. The van der Waals surface area contributed by atoms with Crippen molar-refractivity contribution >= 4 is 115 Å². The average Bonchev–Trinajstić information content (AvgIpc) is 0.797. The number of amides is 8. The Morgan fingerprint density at radius 2 is 0.598 bits per heavy atom. The standard InChI is InChI=1S/C81H85BrN8O17/c1-39-22-51-67(91)52(23-39)72(94)84-60-35-64(48(10)31-44(60)6)88-76(98)56-27-42(4)29-58-70(56)104-19-21-107-81(15,38-102-16-17-105-79(101)80(13,14)82)106-20-18-103-69-55(75(97)87-63-34-59(83-71(51)93)43(5)30-47(63)9)26-41(3)28-57(69)77(99)89-65-36-61(45(7)32-49(65)11)85-73(95)53-24-40(2)25-54(68(53)92)74(96)86-62-37-66(90-78(58)100)50(12)33-46(62)8/h22-37,91-92H,16-21,38H2,1-15H3,(H,83,93)(H,84,94)(H,85,95)(H,86,96)(H,87,97)(H,88,98)(H,89,99)(H,90,100). The minimum absolute atomic E-state index is 0.121. The summed E-state index contributed by atoms with van der Waals surface area (Å²) in [7, 11) is 0. The molecule has 25 nitrogen and oxygen atoms in total. The maximum absolute atomic E-state index is 15.2. The third kappa shape index (κ3) is 18.1. The maximum atomic E-state index is 15.2. The van der Waals surface area contributed by atoms with Crippen molar-refractivity contribution in [2.75, 3.05) is 88.8 Å². The van der Waals surface area contributed by atoms with Gasteiger partial charge in [-0.1, -0.05) is 40.2 Å². The fourth-order valence-electron chi connectivity index (χ4n) is 12.3. The fraction of sp³-hybridized carbons (Fsp3) is 0.296. The van der Waals surface area contributed by atoms with Crippen LogP contribution in [0.1, 0.15) is 170 Å². The molecule has 8 aromatic carbocycles. The predicted molar refractivity (Wildman–Crippen MR) is 411 cm³/mol. The number of aryl methyl sites for hydroxylation is 12. The van der Waals surface area contributed by atoms with Gasteiger partial charge in [0.05, 0.1) is 64.3 Å². The Hall–Kier alpha value is -11.5. The monoisotopic (exact) mass is 1520 g/mol. The number of carbonyl (C=O) groups is 9. The van der Waals surface area contributed by atoms with Gasteiger partial charge in [0.1, 0.15) is 53.7 Å². The van der Waals surface area contributed by atoms with Gasteiger partial charge < -0.3 is 81.2 Å². The van der Waals surface area contributed by atoms with E-state index < -0.39 is 74.8 Å². The summed E-state index contributed by atoms with van der Waals surface area (Å²) < 4.78 is 36.5. The Labute approximate surface area is 627 Å². The van der Waals surface area contributed by atoms with Gasteiger partial charge in [0.2, 0.25) is 0 Å². The van der Waals surface area contributed by atoms with Crippen molar-refractivity contribution in [1.82, 2.24) is 0 Å². The smallest absolute Gasteiger partial charge is 0.322 e. The molecule has 10 rings (SSSR count). The van der Waals surface area contributed by atoms with Gasteiger partial charge in [-0.3, -0.25) is 43.2 Å². The largest absolute Gasteiger partial charge is 0.506 e. The zero-order chi connectivity index (χ0) is 77.8. The number of halogens is 1. The van der Waals surface area contributed by atoms with Crippen LogP contribution >= 0.6 is 15.9 Å². The van der Waals surface area contributed by atoms with E-state index in [1.165, 1.54) is 72.8 Å². The predicted octanol–water partition coefficient (Wildman–Crippen LogP) is 14.4. The number of rotatable bonds is 6. The van der Waals surface area contributed by atoms with Crippen molar-refractivity contribution in [3.05, 3.63) is 208 Å². The number of aromatic hydroxyl groups is 2. The lowest BCUT2D eigenvalue weighted by Crippen LogP contribution is -2.40. The molecule has 0 radical (unpaired) electrons. The molecular weight excluding hydrogens is 1440 g/mol. The summed E-state index contributed by atoms with van der Waals surface area (Å²) in [5.41, 5.74) is 6.34. The molecular formula is C81H85BrN8O17. The third-order valence-corrected chi connectivity index (χ3v) is 18.3. The lowest BCUT2D eigenvalue weighted by Gasteiger charge is -2.30. The Morgan fingerprint density at radius 3 is 0.832 bits per heavy atom. The van der Waals surface area contributed by atoms with Crippen LogP contribution in [0.2, 0.25) is 0 Å². The summed E-state index contributed by atoms with van der Waals surface area (Å²) in [5.74, 6) is -10.3. The number of alkyl halides is 1. The highest BCUT2D eigenvalue weighted by molar-refractivity contribution is 9.10. The van der Waals surface area contributed by atoms with Crippen molar-refractivity contribution in [2.24, 2.45) is 0 Å². The van der Waals surface area contributed by atoms with E-state index in [-0.39, 0.29) is 148 Å². The highest BCUT2D eigenvalue weighted by Crippen LogP contribution is 2.38. The van der Waals surface area contributed by atoms with Crippen LogP contribution in [0.5, 0.6) is 23.0 Å². The first-order valence-electron chi connectivity index (χ1n) is 34.4. The number of ether oxygens (including phenoxy) is 6. The molecule has 26 heteroatoms. The van der Waals surface area contributed by atoms with Crippen LogP contribution in [0.15, 0.2) is 97.1 Å². The molecule has 0 aromatic heterocycles. The summed E-state index contributed by atoms with van der Waals surface area (Å²) in [4.78, 5) is 131. The fourth-order valence-corrected chi connectivity index (χ4v) is 12.5. The van der Waals surface area contributed by atoms with E-state index in [0.717, 1.165) is 0 Å². The van der Waals surface area contributed by atoms with E-state index >= 15 is 19.2 Å². The minimum atomic E-state index is -1.70. The number of hydrogen-bond acceptors (Lipinski definition) is 17. The number of benzene rings is 8. The second kappa shape index (κ2) is 32.1. The van der Waals surface area contributed by atoms with Crippen LogP contribution in [0.3, 0.4) is 0 Å². The maximum Gasteiger partial charge on any atom is 0.322 e. The van der Waals surface area contributed by atoms with Crippen LogP contribution in [-0.4, -0.2) is 120 Å². The number of fused-ring (bicyclic) bond motifs is 20. The topological polar surface area (TPSA) is 346 Å². The lowest BCUT2D eigenvalue weighted by atomic mass is 10.0. The Kier molecular flexibility index (Phi) is 23.4. The first kappa shape index (κ1) is 78.1. The van der Waals surface area contributed by atoms with Gasteiger partial charge in [-0.15, -0.1) is 0 Å². The number of esters is 1. The minimum Gasteiger partial charge on any atom is -0.506 e. The van der Waals surface area contributed by atoms with Crippen LogP contribution in [0.4, 0.5) is 45.5 Å². The van der Waals surface area contributed by atoms with Gasteiger partial charge in [-0.2, -0.15) is 0 Å². The van der Waals surface area contributed by atoms with E-state index in [1.54, 1.807) is 128 Å². The van der Waals surface area contributed by atoms with Gasteiger partial charge in [0, 0.05) is 45.5 Å². The summed E-state index contributed by atoms with van der Waals surface area (Å²) in [6.45, 7) is 23.3. The summed E-state index contributed by atoms with van der Waals surface area (Å²) in [6, 6.07) is 24.7. The van der Waals surface area contributed by atoms with Gasteiger partial charge in [-0.05, 0) is 243 Å². The Balaban J connectivity index is 1.15. The van der Waals surface area contributed by atoms with E-state index in [0.29, 0.717) is 66.8 Å². The van der Waals surface area contributed by atoms with Gasteiger partial charge in [-0.25, -0.2) is 0 Å². The first-order chi connectivity index (χ1) is 50.4. The van der Waals surface area contributed by atoms with Crippen molar-refractivity contribution < 1.29 is 81.8 Å². The molecule has 2 aliphatic heterocycles. The summed E-state index contributed by atoms with van der Waals surface area (Å²) >= 11 is 3.31. The molecule has 0 atom stereocenters. The molecule has 2 aliphatic rings. The highest BCUT2D eigenvalue weighted by Gasteiger charge is 2.33. The molecule has 0 unspecified atom stereocenters. The van der Waals surface area contributed by atoms with Gasteiger partial charge in [0.15, 0.2) is 5.79 Å². The van der Waals surface area contributed by atoms with E-state index in [2.05, 4.69) is 58.5 Å². The molecule has 2 heterocycles. The van der Waals surface area contributed by atoms with Crippen LogP contribution < -0.4 is 52.0 Å². The number of phenols is 2. The van der Waals surface area contributed by atoms with Crippen LogP contribution in [-0.2, 0) is 23.7 Å². The normalized spacial score (nSPS) is 14.8. The molecule has 8 aromatic rings. The number of carbonyl (C=O) groups excluding carboxylic acids is 9. The third-order valence-electron chi connectivity index (χ3n) is 18.0. The summed E-state index contributed by atoms with van der Waals surface area (Å²) in [5, 5.41) is 46.9. The Bertz CT molecular complexity index is 4470. The lowest BCUT2D eigenvalue weighted by molar-refractivity contribution is -0.254. The molecule has 0 spiro atoms. The zero-order valence-electron chi connectivity index (χ0n) is 62.1. The zero-order valence-corrected chi connectivity index (χ0v) is 63.7. The number of hydrogen-bond donors (Lipinski definition) is 10. The SMILES string of the molecule is Cc1cc2c(O)c(c1)C(=O)Nc1cc(c(C)cc1C)NC(=O)c1cc(C)cc3c1OCCOC(C)(COCCOC(=O)C(C)(C)Br)OCCOc1c(cc(C)cc1C(=O)Nc1cc(c(C)cc1C)NC(=O)c1cc(C)cc(c1O)C(=O)Nc1cc(c(C)cc1C)NC3=O)C(=O)Nc1cc(c(C)cc1C)NC2=O. The van der Waals surface area contributed by atoms with Crippen LogP contribution in [0, 0.1) is 83.1 Å². The van der Waals surface area contributed by atoms with E-state index in [9.17, 15) is 34.2 Å². The number of nitrogens with one attached hydrogen (secondary N) is 8. The molecule has 0 saturated carbocycles. The molecule has 107 heavy (non-hydrogen) atoms. The first-order valence-corrected chi connectivity index (χ1v) is 35.1.